The van der Waals surface area contributed by atoms with Gasteiger partial charge in [-0.2, -0.15) is 13.8 Å². The molecule has 8 heteroatoms. The molecular formula is C10H16F2N2O4. The van der Waals surface area contributed by atoms with Crippen molar-refractivity contribution < 1.29 is 28.3 Å². The van der Waals surface area contributed by atoms with Gasteiger partial charge in [0.1, 0.15) is 0 Å². The number of amides is 2. The van der Waals surface area contributed by atoms with Crippen LogP contribution in [0.2, 0.25) is 0 Å². The van der Waals surface area contributed by atoms with E-state index in [4.69, 9.17) is 0 Å². The second-order valence-electron chi connectivity index (χ2n) is 4.68. The van der Waals surface area contributed by atoms with Crippen LogP contribution in [0.5, 0.6) is 0 Å². The van der Waals surface area contributed by atoms with Crippen molar-refractivity contribution in [2.75, 3.05) is 13.6 Å². The van der Waals surface area contributed by atoms with E-state index in [0.29, 0.717) is 4.90 Å². The van der Waals surface area contributed by atoms with E-state index in [9.17, 15) is 23.6 Å². The van der Waals surface area contributed by atoms with E-state index >= 15 is 0 Å². The summed E-state index contributed by atoms with van der Waals surface area (Å²) in [6.45, 7) is 2.52. The van der Waals surface area contributed by atoms with Crippen LogP contribution in [0, 0.1) is 5.92 Å². The normalized spacial score (nSPS) is 23.5. The SMILES string of the molecule is CC(C)CC(=O)OC1N(O)C(=O)N(C)CC1(F)F. The number of hydroxylamine groups is 2. The van der Waals surface area contributed by atoms with E-state index < -0.39 is 30.7 Å². The average molecular weight is 266 g/mol. The number of rotatable bonds is 3. The Morgan fingerprint density at radius 3 is 2.67 bits per heavy atom. The lowest BCUT2D eigenvalue weighted by molar-refractivity contribution is -0.276. The van der Waals surface area contributed by atoms with Crippen LogP contribution in [0.15, 0.2) is 0 Å². The van der Waals surface area contributed by atoms with Gasteiger partial charge in [0, 0.05) is 13.5 Å². The van der Waals surface area contributed by atoms with Crippen molar-refractivity contribution in [1.82, 2.24) is 9.96 Å². The van der Waals surface area contributed by atoms with E-state index in [2.05, 4.69) is 4.74 Å². The van der Waals surface area contributed by atoms with Gasteiger partial charge in [-0.15, -0.1) is 0 Å². The highest BCUT2D eigenvalue weighted by atomic mass is 19.3. The maximum Gasteiger partial charge on any atom is 0.347 e. The van der Waals surface area contributed by atoms with Gasteiger partial charge < -0.3 is 9.64 Å². The van der Waals surface area contributed by atoms with Crippen molar-refractivity contribution in [3.63, 3.8) is 0 Å². The van der Waals surface area contributed by atoms with E-state index in [1.807, 2.05) is 0 Å². The molecule has 1 atom stereocenters. The highest BCUT2D eigenvalue weighted by Gasteiger charge is 2.54. The predicted molar refractivity (Wildman–Crippen MR) is 55.9 cm³/mol. The van der Waals surface area contributed by atoms with Crippen molar-refractivity contribution in [2.45, 2.75) is 32.4 Å². The van der Waals surface area contributed by atoms with Crippen LogP contribution >= 0.6 is 0 Å². The molecule has 2 amide bonds. The van der Waals surface area contributed by atoms with Crippen molar-refractivity contribution in [1.29, 1.82) is 0 Å². The van der Waals surface area contributed by atoms with Crippen molar-refractivity contribution in [3.8, 4) is 0 Å². The van der Waals surface area contributed by atoms with Crippen molar-refractivity contribution in [3.05, 3.63) is 0 Å². The number of hydrogen-bond donors (Lipinski definition) is 1. The Bertz CT molecular complexity index is 349. The fourth-order valence-electron chi connectivity index (χ4n) is 1.56. The number of carbonyl (C=O) groups is 2. The summed E-state index contributed by atoms with van der Waals surface area (Å²) >= 11 is 0. The van der Waals surface area contributed by atoms with Crippen LogP contribution in [-0.4, -0.2) is 52.9 Å². The molecule has 1 rings (SSSR count). The number of alkyl halides is 2. The monoisotopic (exact) mass is 266 g/mol. The molecule has 0 saturated carbocycles. The maximum atomic E-state index is 13.6. The first-order chi connectivity index (χ1) is 8.15. The number of urea groups is 1. The van der Waals surface area contributed by atoms with Gasteiger partial charge in [-0.3, -0.25) is 10.0 Å². The van der Waals surface area contributed by atoms with E-state index in [-0.39, 0.29) is 17.4 Å². The molecule has 0 spiro atoms. The first-order valence-corrected chi connectivity index (χ1v) is 5.45. The van der Waals surface area contributed by atoms with E-state index in [1.54, 1.807) is 13.8 Å². The Balaban J connectivity index is 2.78. The standard InChI is InChI=1S/C10H16F2N2O4/c1-6(2)4-7(15)18-8-10(11,12)5-13(3)9(16)14(8)17/h6,8,17H,4-5H2,1-3H3. The summed E-state index contributed by atoms with van der Waals surface area (Å²) in [5.74, 6) is -4.48. The van der Waals surface area contributed by atoms with Crippen molar-refractivity contribution >= 4 is 12.0 Å². The molecule has 0 aromatic rings. The third kappa shape index (κ3) is 3.06. The van der Waals surface area contributed by atoms with Crippen LogP contribution in [-0.2, 0) is 9.53 Å². The minimum absolute atomic E-state index is 0.0650. The van der Waals surface area contributed by atoms with Gasteiger partial charge >= 0.3 is 17.9 Å². The van der Waals surface area contributed by atoms with Crippen LogP contribution in [0.1, 0.15) is 20.3 Å². The second-order valence-corrected chi connectivity index (χ2v) is 4.68. The molecule has 1 N–H and O–H groups in total. The highest BCUT2D eigenvalue weighted by molar-refractivity contribution is 5.75. The third-order valence-electron chi connectivity index (χ3n) is 2.37. The Labute approximate surface area is 103 Å². The number of ether oxygens (including phenoxy) is 1. The molecule has 1 unspecified atom stereocenters. The first kappa shape index (κ1) is 14.6. The van der Waals surface area contributed by atoms with E-state index in [1.165, 1.54) is 0 Å². The smallest absolute Gasteiger partial charge is 0.347 e. The molecule has 18 heavy (non-hydrogen) atoms. The Kier molecular flexibility index (Phi) is 4.10. The summed E-state index contributed by atoms with van der Waals surface area (Å²) in [5.41, 5.74) is 0. The quantitative estimate of drug-likeness (QED) is 0.617. The molecule has 1 aliphatic heterocycles. The Morgan fingerprint density at radius 1 is 1.61 bits per heavy atom. The largest absolute Gasteiger partial charge is 0.432 e. The molecule has 1 aliphatic rings. The van der Waals surface area contributed by atoms with Crippen molar-refractivity contribution in [2.24, 2.45) is 5.92 Å². The number of carbonyl (C=O) groups excluding carboxylic acids is 2. The van der Waals surface area contributed by atoms with Gasteiger partial charge in [0.15, 0.2) is 0 Å². The third-order valence-corrected chi connectivity index (χ3v) is 2.37. The molecule has 0 aromatic carbocycles. The number of esters is 1. The molecule has 0 radical (unpaired) electrons. The lowest BCUT2D eigenvalue weighted by Gasteiger charge is -2.40. The Hall–Kier alpha value is -1.44. The number of halogens is 2. The fourth-order valence-corrected chi connectivity index (χ4v) is 1.56. The molecule has 1 heterocycles. The van der Waals surface area contributed by atoms with E-state index in [0.717, 1.165) is 7.05 Å². The maximum absolute atomic E-state index is 13.6. The molecule has 6 nitrogen and oxygen atoms in total. The van der Waals surface area contributed by atoms with Gasteiger partial charge in [0.25, 0.3) is 6.23 Å². The summed E-state index contributed by atoms with van der Waals surface area (Å²) in [7, 11) is 1.12. The van der Waals surface area contributed by atoms with Crippen LogP contribution in [0.25, 0.3) is 0 Å². The molecule has 1 fully saturated rings. The predicted octanol–water partition coefficient (Wildman–Crippen LogP) is 1.29. The zero-order valence-electron chi connectivity index (χ0n) is 10.4. The van der Waals surface area contributed by atoms with Gasteiger partial charge in [0.2, 0.25) is 0 Å². The number of nitrogens with zero attached hydrogens (tertiary/aromatic N) is 2. The average Bonchev–Trinajstić information content (AvgIpc) is 2.20. The zero-order valence-corrected chi connectivity index (χ0v) is 10.4. The van der Waals surface area contributed by atoms with Gasteiger partial charge in [0.05, 0.1) is 6.54 Å². The summed E-state index contributed by atoms with van der Waals surface area (Å²) in [6, 6.07) is -1.04. The minimum atomic E-state index is -3.52. The molecule has 0 aromatic heterocycles. The molecule has 0 bridgehead atoms. The Morgan fingerprint density at radius 2 is 2.17 bits per heavy atom. The number of hydrogen-bond acceptors (Lipinski definition) is 4. The summed E-state index contributed by atoms with van der Waals surface area (Å²) in [5, 5.41) is 9.06. The summed E-state index contributed by atoms with van der Waals surface area (Å²) in [6.07, 6.45) is -2.34. The zero-order chi connectivity index (χ0) is 14.1. The van der Waals surface area contributed by atoms with Gasteiger partial charge in [-0.25, -0.2) is 4.79 Å². The molecular weight excluding hydrogens is 250 g/mol. The topological polar surface area (TPSA) is 70.1 Å². The molecule has 0 aliphatic carbocycles. The minimum Gasteiger partial charge on any atom is -0.432 e. The highest BCUT2D eigenvalue weighted by Crippen LogP contribution is 2.30. The summed E-state index contributed by atoms with van der Waals surface area (Å²) < 4.78 is 31.6. The van der Waals surface area contributed by atoms with Gasteiger partial charge in [-0.1, -0.05) is 13.8 Å². The lowest BCUT2D eigenvalue weighted by atomic mass is 10.1. The molecule has 1 saturated heterocycles. The fraction of sp³-hybridized carbons (Fsp3) is 0.800. The second kappa shape index (κ2) is 5.05. The van der Waals surface area contributed by atoms with Crippen LogP contribution in [0.3, 0.4) is 0 Å². The first-order valence-electron chi connectivity index (χ1n) is 5.45. The van der Waals surface area contributed by atoms with Crippen LogP contribution < -0.4 is 0 Å². The molecule has 104 valence electrons. The summed E-state index contributed by atoms with van der Waals surface area (Å²) in [4.78, 5) is 23.3. The van der Waals surface area contributed by atoms with Gasteiger partial charge in [-0.05, 0) is 5.92 Å². The lowest BCUT2D eigenvalue weighted by Crippen LogP contribution is -2.63. The van der Waals surface area contributed by atoms with Crippen LogP contribution in [0.4, 0.5) is 13.6 Å².